The Morgan fingerprint density at radius 1 is 0.792 bits per heavy atom. The molecule has 10 nitrogen and oxygen atoms in total. The first-order chi connectivity index (χ1) is 10.5. The van der Waals surface area contributed by atoms with E-state index in [0.717, 1.165) is 19.3 Å². The molecule has 0 radical (unpaired) electrons. The van der Waals surface area contributed by atoms with Gasteiger partial charge in [-0.05, 0) is 6.42 Å². The fourth-order valence-electron chi connectivity index (χ4n) is 1.74. The molecular formula is C12H27NO9S2-2. The maximum atomic E-state index is 10.9. The Labute approximate surface area is 144 Å². The molecule has 0 aromatic heterocycles. The van der Waals surface area contributed by atoms with Crippen LogP contribution in [0.25, 0.3) is 0 Å². The van der Waals surface area contributed by atoms with Crippen LogP contribution in [0.5, 0.6) is 0 Å². The van der Waals surface area contributed by atoms with Crippen molar-refractivity contribution in [1.82, 2.24) is 6.15 Å². The van der Waals surface area contributed by atoms with Crippen molar-refractivity contribution in [2.75, 3.05) is 0 Å². The molecule has 148 valence electrons. The summed E-state index contributed by atoms with van der Waals surface area (Å²) in [5.74, 6) is -0.951. The lowest BCUT2D eigenvalue weighted by atomic mass is 10.1. The number of hydrogen-bond acceptors (Lipinski definition) is 9. The van der Waals surface area contributed by atoms with E-state index in [2.05, 4.69) is 11.1 Å². The van der Waals surface area contributed by atoms with E-state index >= 15 is 0 Å². The van der Waals surface area contributed by atoms with Gasteiger partial charge in [-0.25, -0.2) is 8.42 Å². The molecule has 0 bridgehead atoms. The van der Waals surface area contributed by atoms with Crippen LogP contribution in [0, 0.1) is 0 Å². The third kappa shape index (κ3) is 37.4. The van der Waals surface area contributed by atoms with Crippen LogP contribution in [0.1, 0.15) is 71.1 Å². The molecule has 0 amide bonds. The van der Waals surface area contributed by atoms with Gasteiger partial charge in [0, 0.05) is 16.8 Å². The lowest BCUT2D eigenvalue weighted by Crippen LogP contribution is -2.11. The summed E-state index contributed by atoms with van der Waals surface area (Å²) in [6.07, 6.45) is 9.87. The van der Waals surface area contributed by atoms with E-state index in [0.29, 0.717) is 6.42 Å². The van der Waals surface area contributed by atoms with Gasteiger partial charge in [0.25, 0.3) is 10.4 Å². The van der Waals surface area contributed by atoms with Crippen molar-refractivity contribution in [2.45, 2.75) is 71.1 Å². The molecule has 24 heavy (non-hydrogen) atoms. The fraction of sp³-hybridized carbons (Fsp3) is 0.917. The Hall–Kier alpha value is -0.790. The van der Waals surface area contributed by atoms with E-state index in [9.17, 15) is 17.8 Å². The third-order valence-corrected chi connectivity index (χ3v) is 3.07. The highest BCUT2D eigenvalue weighted by molar-refractivity contribution is 7.81. The molecule has 0 aromatic carbocycles. The van der Waals surface area contributed by atoms with Crippen molar-refractivity contribution in [2.24, 2.45) is 0 Å². The highest BCUT2D eigenvalue weighted by Crippen LogP contribution is 2.10. The molecule has 0 spiro atoms. The minimum absolute atomic E-state index is 0. The summed E-state index contributed by atoms with van der Waals surface area (Å²) in [5.41, 5.74) is 0. The first-order valence-electron chi connectivity index (χ1n) is 7.30. The van der Waals surface area contributed by atoms with Gasteiger partial charge in [0.05, 0.1) is 0 Å². The number of hydrogen-bond donors (Lipinski definition) is 1. The number of rotatable bonds is 11. The van der Waals surface area contributed by atoms with Gasteiger partial charge in [-0.3, -0.25) is 13.2 Å². The van der Waals surface area contributed by atoms with Gasteiger partial charge in [-0.2, -0.15) is 0 Å². The van der Waals surface area contributed by atoms with Crippen molar-refractivity contribution in [3.63, 3.8) is 0 Å². The predicted molar refractivity (Wildman–Crippen MR) is 84.1 cm³/mol. The summed E-state index contributed by atoms with van der Waals surface area (Å²) in [6, 6.07) is 0. The standard InChI is InChI=1S/C12H24O5S.H3N.H2O4S/c1-2-3-4-5-6-7-8-9-10-11-12(13)17-18(14,15)16;;1-5(2,3)4/h2-11H2,1H3,(H,14,15,16);1H3;(H2,1,2,3,4)/p-2. The lowest BCUT2D eigenvalue weighted by molar-refractivity contribution is -0.134. The maximum Gasteiger partial charge on any atom is 0.321 e. The molecule has 0 rings (SSSR count). The highest BCUT2D eigenvalue weighted by Gasteiger charge is 2.06. The van der Waals surface area contributed by atoms with E-state index in [1.54, 1.807) is 0 Å². The summed E-state index contributed by atoms with van der Waals surface area (Å²) >= 11 is 0. The van der Waals surface area contributed by atoms with Gasteiger partial charge in [-0.15, -0.1) is 0 Å². The quantitative estimate of drug-likeness (QED) is 0.309. The maximum absolute atomic E-state index is 10.9. The van der Waals surface area contributed by atoms with Crippen LogP contribution in [-0.4, -0.2) is 36.5 Å². The Kier molecular flexibility index (Phi) is 18.4. The second kappa shape index (κ2) is 15.7. The summed E-state index contributed by atoms with van der Waals surface area (Å²) in [7, 11) is -10.0. The first kappa shape index (κ1) is 28.0. The Bertz CT molecular complexity index is 495. The minimum Gasteiger partial charge on any atom is -0.759 e. The average Bonchev–Trinajstić information content (AvgIpc) is 2.32. The van der Waals surface area contributed by atoms with E-state index < -0.39 is 26.8 Å². The average molecular weight is 393 g/mol. The molecule has 0 heterocycles. The lowest BCUT2D eigenvalue weighted by Gasteiger charge is -2.06. The van der Waals surface area contributed by atoms with E-state index in [1.807, 2.05) is 0 Å². The molecule has 0 saturated carbocycles. The van der Waals surface area contributed by atoms with Crippen molar-refractivity contribution in [1.29, 1.82) is 0 Å². The number of carbonyl (C=O) groups is 1. The molecule has 0 fully saturated rings. The summed E-state index contributed by atoms with van der Waals surface area (Å²) in [4.78, 5) is 10.9. The molecule has 0 aliphatic carbocycles. The summed E-state index contributed by atoms with van der Waals surface area (Å²) < 4.78 is 68.1. The zero-order valence-corrected chi connectivity index (χ0v) is 15.7. The SMILES string of the molecule is CCCCCCCCCCCC(=O)OS(=O)(=O)[O-].O=S(=O)([O-])[O-].[NH4+]. The Balaban J connectivity index is -0.000000639. The molecule has 4 N–H and O–H groups in total. The van der Waals surface area contributed by atoms with Crippen molar-refractivity contribution >= 4 is 26.8 Å². The Morgan fingerprint density at radius 2 is 1.12 bits per heavy atom. The van der Waals surface area contributed by atoms with E-state index in [-0.39, 0.29) is 12.6 Å². The first-order valence-corrected chi connectivity index (χ1v) is 9.97. The second-order valence-electron chi connectivity index (χ2n) is 4.85. The highest BCUT2D eigenvalue weighted by atomic mass is 32.3. The summed E-state index contributed by atoms with van der Waals surface area (Å²) in [6.45, 7) is 2.18. The third-order valence-electron chi connectivity index (χ3n) is 2.68. The van der Waals surface area contributed by atoms with Crippen LogP contribution < -0.4 is 6.15 Å². The van der Waals surface area contributed by atoms with Gasteiger partial charge < -0.3 is 24.0 Å². The summed E-state index contributed by atoms with van der Waals surface area (Å²) in [5, 5.41) is 0. The number of quaternary nitrogens is 1. The fourth-order valence-corrected chi connectivity index (χ4v) is 2.05. The van der Waals surface area contributed by atoms with Gasteiger partial charge in [0.15, 0.2) is 0 Å². The molecule has 0 atom stereocenters. The van der Waals surface area contributed by atoms with Gasteiger partial charge in [0.2, 0.25) is 0 Å². The normalized spacial score (nSPS) is 11.0. The van der Waals surface area contributed by atoms with Crippen molar-refractivity contribution in [3.05, 3.63) is 0 Å². The minimum atomic E-state index is -5.17. The molecule has 0 aliphatic heterocycles. The number of unbranched alkanes of at least 4 members (excludes halogenated alkanes) is 8. The smallest absolute Gasteiger partial charge is 0.321 e. The molecule has 0 aliphatic rings. The molecule has 0 unspecified atom stereocenters. The molecule has 0 saturated heterocycles. The van der Waals surface area contributed by atoms with Gasteiger partial charge in [0.1, 0.15) is 0 Å². The van der Waals surface area contributed by atoms with Crippen molar-refractivity contribution < 1.29 is 39.5 Å². The Morgan fingerprint density at radius 3 is 1.46 bits per heavy atom. The van der Waals surface area contributed by atoms with E-state index in [4.69, 9.17) is 17.5 Å². The topological polar surface area (TPSA) is 200 Å². The monoisotopic (exact) mass is 393 g/mol. The second-order valence-corrected chi connectivity index (χ2v) is 6.65. The number of carbonyl (C=O) groups excluding carboxylic acids is 1. The predicted octanol–water partition coefficient (Wildman–Crippen LogP) is 1.95. The molecular weight excluding hydrogens is 366 g/mol. The van der Waals surface area contributed by atoms with Crippen molar-refractivity contribution in [3.8, 4) is 0 Å². The van der Waals surface area contributed by atoms with Crippen LogP contribution in [-0.2, 0) is 29.8 Å². The van der Waals surface area contributed by atoms with Crippen LogP contribution >= 0.6 is 0 Å². The van der Waals surface area contributed by atoms with Crippen LogP contribution in [0.2, 0.25) is 0 Å². The van der Waals surface area contributed by atoms with Gasteiger partial charge in [-0.1, -0.05) is 58.3 Å². The van der Waals surface area contributed by atoms with Crippen LogP contribution in [0.15, 0.2) is 0 Å². The van der Waals surface area contributed by atoms with Crippen LogP contribution in [0.4, 0.5) is 0 Å². The zero-order valence-electron chi connectivity index (χ0n) is 14.1. The van der Waals surface area contributed by atoms with Crippen LogP contribution in [0.3, 0.4) is 0 Å². The van der Waals surface area contributed by atoms with E-state index in [1.165, 1.54) is 32.1 Å². The zero-order chi connectivity index (χ0) is 18.4. The largest absolute Gasteiger partial charge is 0.759 e. The van der Waals surface area contributed by atoms with Gasteiger partial charge >= 0.3 is 5.97 Å². The molecule has 12 heteroatoms. The molecule has 0 aromatic rings.